The van der Waals surface area contributed by atoms with Gasteiger partial charge >= 0.3 is 0 Å². The number of rotatable bonds is 5. The van der Waals surface area contributed by atoms with E-state index >= 15 is 0 Å². The zero-order valence-corrected chi connectivity index (χ0v) is 13.9. The van der Waals surface area contributed by atoms with Crippen LogP contribution in [-0.2, 0) is 6.54 Å². The molecule has 4 rings (SSSR count). The van der Waals surface area contributed by atoms with Gasteiger partial charge < -0.3 is 14.4 Å². The van der Waals surface area contributed by atoms with Crippen LogP contribution in [0.1, 0.15) is 17.2 Å². The van der Waals surface area contributed by atoms with Crippen LogP contribution in [-0.4, -0.2) is 31.8 Å². The van der Waals surface area contributed by atoms with Crippen LogP contribution in [0, 0.1) is 5.92 Å². The van der Waals surface area contributed by atoms with Gasteiger partial charge in [-0.05, 0) is 18.7 Å². The molecule has 5 heteroatoms. The van der Waals surface area contributed by atoms with Crippen LogP contribution in [0.3, 0.4) is 0 Å². The lowest BCUT2D eigenvalue weighted by atomic mass is 9.94. The highest BCUT2D eigenvalue weighted by Gasteiger charge is 2.29. The molecule has 0 saturated carbocycles. The summed E-state index contributed by atoms with van der Waals surface area (Å²) in [5.41, 5.74) is 9.24. The molecule has 24 heavy (non-hydrogen) atoms. The van der Waals surface area contributed by atoms with Gasteiger partial charge in [-0.25, -0.2) is 5.43 Å². The monoisotopic (exact) mass is 325 g/mol. The van der Waals surface area contributed by atoms with Gasteiger partial charge in [-0.1, -0.05) is 42.5 Å². The SMILES string of the molecule is CN(Cc1cccc2c1OCO2)CC1CNNC1c1ccccc1. The molecule has 0 aromatic heterocycles. The Hall–Kier alpha value is -2.08. The second-order valence-electron chi connectivity index (χ2n) is 6.52. The van der Waals surface area contributed by atoms with Crippen molar-refractivity contribution in [2.24, 2.45) is 5.92 Å². The van der Waals surface area contributed by atoms with E-state index < -0.39 is 0 Å². The molecule has 0 amide bonds. The molecule has 2 N–H and O–H groups in total. The average molecular weight is 325 g/mol. The van der Waals surface area contributed by atoms with Crippen LogP contribution in [0.25, 0.3) is 0 Å². The molecule has 0 bridgehead atoms. The van der Waals surface area contributed by atoms with Crippen LogP contribution < -0.4 is 20.3 Å². The van der Waals surface area contributed by atoms with Crippen LogP contribution in [0.5, 0.6) is 11.5 Å². The van der Waals surface area contributed by atoms with Gasteiger partial charge in [0.15, 0.2) is 11.5 Å². The lowest BCUT2D eigenvalue weighted by Gasteiger charge is -2.25. The van der Waals surface area contributed by atoms with Crippen molar-refractivity contribution in [3.8, 4) is 11.5 Å². The average Bonchev–Trinajstić information content (AvgIpc) is 3.25. The molecule has 2 atom stereocenters. The predicted octanol–water partition coefficient (Wildman–Crippen LogP) is 2.31. The van der Waals surface area contributed by atoms with Crippen molar-refractivity contribution in [3.63, 3.8) is 0 Å². The summed E-state index contributed by atoms with van der Waals surface area (Å²) in [7, 11) is 2.16. The Morgan fingerprint density at radius 1 is 1.08 bits per heavy atom. The summed E-state index contributed by atoms with van der Waals surface area (Å²) in [4.78, 5) is 2.35. The summed E-state index contributed by atoms with van der Waals surface area (Å²) in [5, 5.41) is 0. The van der Waals surface area contributed by atoms with E-state index in [9.17, 15) is 0 Å². The molecule has 2 aromatic rings. The van der Waals surface area contributed by atoms with E-state index in [1.54, 1.807) is 0 Å². The maximum Gasteiger partial charge on any atom is 0.231 e. The van der Waals surface area contributed by atoms with Gasteiger partial charge in [-0.15, -0.1) is 0 Å². The zero-order valence-electron chi connectivity index (χ0n) is 13.9. The molecule has 2 unspecified atom stereocenters. The molecular formula is C19H23N3O2. The number of hydrazine groups is 1. The van der Waals surface area contributed by atoms with Crippen LogP contribution in [0.2, 0.25) is 0 Å². The van der Waals surface area contributed by atoms with Gasteiger partial charge in [0.25, 0.3) is 0 Å². The molecule has 1 fully saturated rings. The van der Waals surface area contributed by atoms with Crippen LogP contribution in [0.4, 0.5) is 0 Å². The molecule has 1 saturated heterocycles. The van der Waals surface area contributed by atoms with Crippen molar-refractivity contribution < 1.29 is 9.47 Å². The van der Waals surface area contributed by atoms with Gasteiger partial charge in [0.05, 0.1) is 6.04 Å². The molecule has 5 nitrogen and oxygen atoms in total. The quantitative estimate of drug-likeness (QED) is 0.883. The third-order valence-corrected chi connectivity index (χ3v) is 4.72. The van der Waals surface area contributed by atoms with E-state index in [0.29, 0.717) is 18.8 Å². The highest BCUT2D eigenvalue weighted by molar-refractivity contribution is 5.48. The predicted molar refractivity (Wildman–Crippen MR) is 92.7 cm³/mol. The number of para-hydroxylation sites is 1. The maximum absolute atomic E-state index is 5.62. The van der Waals surface area contributed by atoms with Crippen molar-refractivity contribution in [2.45, 2.75) is 12.6 Å². The first-order valence-electron chi connectivity index (χ1n) is 8.40. The topological polar surface area (TPSA) is 45.8 Å². The first-order valence-corrected chi connectivity index (χ1v) is 8.40. The van der Waals surface area contributed by atoms with E-state index in [4.69, 9.17) is 9.47 Å². The van der Waals surface area contributed by atoms with Crippen LogP contribution in [0.15, 0.2) is 48.5 Å². The lowest BCUT2D eigenvalue weighted by Crippen LogP contribution is -2.30. The van der Waals surface area contributed by atoms with Crippen molar-refractivity contribution in [3.05, 3.63) is 59.7 Å². The van der Waals surface area contributed by atoms with Gasteiger partial charge in [0.1, 0.15) is 0 Å². The van der Waals surface area contributed by atoms with Crippen molar-refractivity contribution >= 4 is 0 Å². The highest BCUT2D eigenvalue weighted by Crippen LogP contribution is 2.36. The number of hydrogen-bond acceptors (Lipinski definition) is 5. The Labute approximate surface area is 142 Å². The molecule has 0 spiro atoms. The minimum absolute atomic E-state index is 0.322. The summed E-state index contributed by atoms with van der Waals surface area (Å²) < 4.78 is 11.1. The summed E-state index contributed by atoms with van der Waals surface area (Å²) in [5.74, 6) is 2.27. The number of nitrogens with one attached hydrogen (secondary N) is 2. The van der Waals surface area contributed by atoms with E-state index in [0.717, 1.165) is 31.1 Å². The Morgan fingerprint density at radius 2 is 1.96 bits per heavy atom. The molecule has 0 radical (unpaired) electrons. The molecule has 0 aliphatic carbocycles. The maximum atomic E-state index is 5.62. The van der Waals surface area contributed by atoms with E-state index in [1.165, 1.54) is 11.1 Å². The fourth-order valence-electron chi connectivity index (χ4n) is 3.59. The molecule has 126 valence electrons. The largest absolute Gasteiger partial charge is 0.454 e. The number of hydrogen-bond donors (Lipinski definition) is 2. The summed E-state index contributed by atoms with van der Waals surface area (Å²) in [6, 6.07) is 17.1. The molecule has 2 heterocycles. The fourth-order valence-corrected chi connectivity index (χ4v) is 3.59. The van der Waals surface area contributed by atoms with Gasteiger partial charge in [0.2, 0.25) is 6.79 Å². The fraction of sp³-hybridized carbons (Fsp3) is 0.368. The van der Waals surface area contributed by atoms with E-state index in [2.05, 4.69) is 59.2 Å². The highest BCUT2D eigenvalue weighted by atomic mass is 16.7. The number of benzene rings is 2. The third-order valence-electron chi connectivity index (χ3n) is 4.72. The Morgan fingerprint density at radius 3 is 2.83 bits per heavy atom. The van der Waals surface area contributed by atoms with Gasteiger partial charge in [-0.2, -0.15) is 0 Å². The number of nitrogens with zero attached hydrogens (tertiary/aromatic N) is 1. The van der Waals surface area contributed by atoms with Crippen molar-refractivity contribution in [2.75, 3.05) is 26.9 Å². The minimum Gasteiger partial charge on any atom is -0.454 e. The molecule has 2 aliphatic heterocycles. The van der Waals surface area contributed by atoms with Crippen molar-refractivity contribution in [1.29, 1.82) is 0 Å². The second-order valence-corrected chi connectivity index (χ2v) is 6.52. The smallest absolute Gasteiger partial charge is 0.231 e. The Kier molecular flexibility index (Phi) is 4.38. The molecule has 2 aliphatic rings. The van der Waals surface area contributed by atoms with E-state index in [1.807, 2.05) is 12.1 Å². The minimum atomic E-state index is 0.322. The first-order chi connectivity index (χ1) is 11.8. The number of fused-ring (bicyclic) bond motifs is 1. The van der Waals surface area contributed by atoms with Crippen LogP contribution >= 0.6 is 0 Å². The third kappa shape index (κ3) is 3.11. The Bertz CT molecular complexity index is 692. The van der Waals surface area contributed by atoms with Crippen molar-refractivity contribution in [1.82, 2.24) is 15.8 Å². The summed E-state index contributed by atoms with van der Waals surface area (Å²) >= 11 is 0. The van der Waals surface area contributed by atoms with Gasteiger partial charge in [0, 0.05) is 31.1 Å². The normalized spacial score (nSPS) is 22.2. The lowest BCUT2D eigenvalue weighted by molar-refractivity contribution is 0.172. The van der Waals surface area contributed by atoms with Gasteiger partial charge in [-0.3, -0.25) is 5.43 Å². The summed E-state index contributed by atoms with van der Waals surface area (Å²) in [6.07, 6.45) is 0. The molecule has 2 aromatic carbocycles. The van der Waals surface area contributed by atoms with E-state index in [-0.39, 0.29) is 0 Å². The standard InChI is InChI=1S/C19H23N3O2/c1-22(11-15-8-5-9-17-19(15)24-13-23-17)12-16-10-20-21-18(16)14-6-3-2-4-7-14/h2-9,16,18,20-21H,10-13H2,1H3. The number of ether oxygens (including phenoxy) is 2. The first kappa shape index (κ1) is 15.4. The second kappa shape index (κ2) is 6.81. The Balaban J connectivity index is 1.43. The molecular weight excluding hydrogens is 302 g/mol. The zero-order chi connectivity index (χ0) is 16.4. The summed E-state index contributed by atoms with van der Waals surface area (Å²) in [6.45, 7) is 3.15.